The van der Waals surface area contributed by atoms with Crippen molar-refractivity contribution < 1.29 is 24.2 Å². The highest BCUT2D eigenvalue weighted by Gasteiger charge is 2.23. The summed E-state index contributed by atoms with van der Waals surface area (Å²) in [4.78, 5) is 23.9. The maximum atomic E-state index is 12.0. The van der Waals surface area contributed by atoms with Crippen LogP contribution in [0.5, 0.6) is 0 Å². The molecular formula is C15H20N4O5. The third-order valence-electron chi connectivity index (χ3n) is 3.20. The van der Waals surface area contributed by atoms with Crippen molar-refractivity contribution in [3.63, 3.8) is 0 Å². The second-order valence-corrected chi connectivity index (χ2v) is 5.00. The summed E-state index contributed by atoms with van der Waals surface area (Å²) < 4.78 is 12.6. The quantitative estimate of drug-likeness (QED) is 0.741. The second kappa shape index (κ2) is 7.73. The summed E-state index contributed by atoms with van der Waals surface area (Å²) in [7, 11) is 1.73. The van der Waals surface area contributed by atoms with E-state index in [1.165, 1.54) is 16.9 Å². The van der Waals surface area contributed by atoms with Gasteiger partial charge in [-0.15, -0.1) is 0 Å². The van der Waals surface area contributed by atoms with Gasteiger partial charge in [0.1, 0.15) is 11.8 Å². The van der Waals surface area contributed by atoms with Crippen LogP contribution in [0.25, 0.3) is 0 Å². The van der Waals surface area contributed by atoms with Crippen LogP contribution in [-0.2, 0) is 23.1 Å². The smallest absolute Gasteiger partial charge is 0.358 e. The van der Waals surface area contributed by atoms with Crippen molar-refractivity contribution in [3.8, 4) is 0 Å². The topological polar surface area (TPSA) is 108 Å². The molecule has 1 N–H and O–H groups in total. The number of carbonyl (C=O) groups is 2. The molecule has 0 saturated heterocycles. The maximum Gasteiger partial charge on any atom is 0.358 e. The Morgan fingerprint density at radius 3 is 2.50 bits per heavy atom. The molecule has 0 aliphatic heterocycles. The molecule has 0 aliphatic rings. The number of hydrogen-bond acceptors (Lipinski definition) is 7. The van der Waals surface area contributed by atoms with Crippen LogP contribution in [0.4, 0.5) is 0 Å². The average molecular weight is 336 g/mol. The SMILES string of the molecule is CCOC(=O)c1cc(C(=O)OCC)n(CC(O)c2cnn(C)c2)n1. The first-order valence-corrected chi connectivity index (χ1v) is 7.54. The molecule has 2 rings (SSSR count). The van der Waals surface area contributed by atoms with E-state index in [1.54, 1.807) is 31.8 Å². The number of aliphatic hydroxyl groups is 1. The molecule has 1 atom stereocenters. The second-order valence-electron chi connectivity index (χ2n) is 5.00. The van der Waals surface area contributed by atoms with E-state index in [-0.39, 0.29) is 31.1 Å². The third-order valence-corrected chi connectivity index (χ3v) is 3.20. The Labute approximate surface area is 138 Å². The zero-order chi connectivity index (χ0) is 17.7. The van der Waals surface area contributed by atoms with Crippen LogP contribution in [0.3, 0.4) is 0 Å². The van der Waals surface area contributed by atoms with Crippen LogP contribution in [0.2, 0.25) is 0 Å². The summed E-state index contributed by atoms with van der Waals surface area (Å²) in [6.45, 7) is 3.70. The fourth-order valence-corrected chi connectivity index (χ4v) is 2.11. The Bertz CT molecular complexity index is 721. The zero-order valence-electron chi connectivity index (χ0n) is 13.8. The van der Waals surface area contributed by atoms with Gasteiger partial charge in [0.15, 0.2) is 5.69 Å². The van der Waals surface area contributed by atoms with E-state index in [1.807, 2.05) is 0 Å². The molecule has 0 saturated carbocycles. The molecular weight excluding hydrogens is 316 g/mol. The minimum atomic E-state index is -0.943. The van der Waals surface area contributed by atoms with Crippen molar-refractivity contribution in [1.82, 2.24) is 19.6 Å². The predicted molar refractivity (Wildman–Crippen MR) is 82.3 cm³/mol. The number of hydrogen-bond donors (Lipinski definition) is 1. The van der Waals surface area contributed by atoms with Crippen LogP contribution >= 0.6 is 0 Å². The van der Waals surface area contributed by atoms with Crippen LogP contribution in [0, 0.1) is 0 Å². The summed E-state index contributed by atoms with van der Waals surface area (Å²) in [6, 6.07) is 1.30. The highest BCUT2D eigenvalue weighted by molar-refractivity contribution is 5.93. The Morgan fingerprint density at radius 1 is 1.25 bits per heavy atom. The fraction of sp³-hybridized carbons (Fsp3) is 0.467. The predicted octanol–water partition coefficient (Wildman–Crippen LogP) is 0.704. The highest BCUT2D eigenvalue weighted by Crippen LogP contribution is 2.16. The monoisotopic (exact) mass is 336 g/mol. The molecule has 1 unspecified atom stereocenters. The standard InChI is InChI=1S/C15H20N4O5/c1-4-23-14(21)11-6-12(15(22)24-5-2)19(17-11)9-13(20)10-7-16-18(3)8-10/h6-8,13,20H,4-5,9H2,1-3H3. The Kier molecular flexibility index (Phi) is 5.69. The molecule has 9 nitrogen and oxygen atoms in total. The maximum absolute atomic E-state index is 12.0. The van der Waals surface area contributed by atoms with Gasteiger partial charge in [0, 0.05) is 24.9 Å². The Morgan fingerprint density at radius 2 is 1.92 bits per heavy atom. The number of aliphatic hydroxyl groups excluding tert-OH is 1. The summed E-state index contributed by atoms with van der Waals surface area (Å²) in [6.07, 6.45) is 2.23. The average Bonchev–Trinajstić information content (AvgIpc) is 3.14. The Balaban J connectivity index is 2.28. The minimum absolute atomic E-state index is 0.0155. The molecule has 9 heteroatoms. The zero-order valence-corrected chi connectivity index (χ0v) is 13.8. The lowest BCUT2D eigenvalue weighted by molar-refractivity contribution is 0.0498. The van der Waals surface area contributed by atoms with Gasteiger partial charge in [0.25, 0.3) is 0 Å². The van der Waals surface area contributed by atoms with Crippen LogP contribution in [0.1, 0.15) is 46.5 Å². The summed E-state index contributed by atoms with van der Waals surface area (Å²) in [5, 5.41) is 18.3. The van der Waals surface area contributed by atoms with Crippen molar-refractivity contribution in [1.29, 1.82) is 0 Å². The summed E-state index contributed by atoms with van der Waals surface area (Å²) in [5.74, 6) is -1.27. The first-order chi connectivity index (χ1) is 11.5. The third kappa shape index (κ3) is 3.99. The van der Waals surface area contributed by atoms with Crippen LogP contribution in [-0.4, -0.2) is 49.8 Å². The first kappa shape index (κ1) is 17.7. The largest absolute Gasteiger partial charge is 0.461 e. The number of nitrogens with zero attached hydrogens (tertiary/aromatic N) is 4. The van der Waals surface area contributed by atoms with E-state index in [0.717, 1.165) is 0 Å². The number of rotatable bonds is 7. The van der Waals surface area contributed by atoms with Crippen LogP contribution in [0.15, 0.2) is 18.5 Å². The molecule has 2 aromatic heterocycles. The van der Waals surface area contributed by atoms with Gasteiger partial charge in [-0.2, -0.15) is 10.2 Å². The van der Waals surface area contributed by atoms with Crippen molar-refractivity contribution in [2.24, 2.45) is 7.05 Å². The van der Waals surface area contributed by atoms with Crippen molar-refractivity contribution >= 4 is 11.9 Å². The van der Waals surface area contributed by atoms with E-state index in [0.29, 0.717) is 5.56 Å². The van der Waals surface area contributed by atoms with E-state index in [9.17, 15) is 14.7 Å². The molecule has 0 amide bonds. The van der Waals surface area contributed by atoms with Gasteiger partial charge >= 0.3 is 11.9 Å². The molecule has 0 fully saturated rings. The molecule has 0 bridgehead atoms. The number of esters is 2. The van der Waals surface area contributed by atoms with Crippen LogP contribution < -0.4 is 0 Å². The van der Waals surface area contributed by atoms with E-state index in [2.05, 4.69) is 10.2 Å². The van der Waals surface area contributed by atoms with Gasteiger partial charge in [-0.3, -0.25) is 9.36 Å². The van der Waals surface area contributed by atoms with Crippen molar-refractivity contribution in [3.05, 3.63) is 35.4 Å². The lowest BCUT2D eigenvalue weighted by Crippen LogP contribution is -2.17. The summed E-state index contributed by atoms with van der Waals surface area (Å²) in [5.41, 5.74) is 0.627. The molecule has 0 aromatic carbocycles. The number of carbonyl (C=O) groups excluding carboxylic acids is 2. The van der Waals surface area contributed by atoms with Crippen molar-refractivity contribution in [2.45, 2.75) is 26.5 Å². The van der Waals surface area contributed by atoms with E-state index in [4.69, 9.17) is 9.47 Å². The lowest BCUT2D eigenvalue weighted by atomic mass is 10.2. The molecule has 0 radical (unpaired) electrons. The molecule has 24 heavy (non-hydrogen) atoms. The van der Waals surface area contributed by atoms with Gasteiger partial charge < -0.3 is 14.6 Å². The van der Waals surface area contributed by atoms with E-state index < -0.39 is 18.0 Å². The highest BCUT2D eigenvalue weighted by atomic mass is 16.5. The van der Waals surface area contributed by atoms with Gasteiger partial charge in [-0.1, -0.05) is 0 Å². The van der Waals surface area contributed by atoms with Gasteiger partial charge in [-0.05, 0) is 13.8 Å². The molecule has 2 aromatic rings. The molecule has 130 valence electrons. The first-order valence-electron chi connectivity index (χ1n) is 7.54. The minimum Gasteiger partial charge on any atom is -0.461 e. The fourth-order valence-electron chi connectivity index (χ4n) is 2.11. The molecule has 0 spiro atoms. The molecule has 0 aliphatic carbocycles. The number of aromatic nitrogens is 4. The normalized spacial score (nSPS) is 12.0. The Hall–Kier alpha value is -2.68. The van der Waals surface area contributed by atoms with Crippen molar-refractivity contribution in [2.75, 3.05) is 13.2 Å². The van der Waals surface area contributed by atoms with Gasteiger partial charge in [-0.25, -0.2) is 9.59 Å². The lowest BCUT2D eigenvalue weighted by Gasteiger charge is -2.11. The summed E-state index contributed by atoms with van der Waals surface area (Å²) >= 11 is 0. The van der Waals surface area contributed by atoms with Gasteiger partial charge in [0.05, 0.1) is 26.0 Å². The van der Waals surface area contributed by atoms with E-state index >= 15 is 0 Å². The van der Waals surface area contributed by atoms with Gasteiger partial charge in [0.2, 0.25) is 0 Å². The number of ether oxygens (including phenoxy) is 2. The molecule has 2 heterocycles. The number of aryl methyl sites for hydroxylation is 1.